The Kier molecular flexibility index (Phi) is 4.33. The number of benzene rings is 1. The molecule has 4 heteroatoms. The molecule has 0 saturated heterocycles. The lowest BCUT2D eigenvalue weighted by Crippen LogP contribution is -2.35. The predicted molar refractivity (Wildman–Crippen MR) is 95.4 cm³/mol. The summed E-state index contributed by atoms with van der Waals surface area (Å²) in [6.07, 6.45) is 4.54. The first-order valence-corrected chi connectivity index (χ1v) is 8.68. The second-order valence-electron chi connectivity index (χ2n) is 7.84. The van der Waals surface area contributed by atoms with Crippen LogP contribution in [0.5, 0.6) is 5.75 Å². The second-order valence-corrected chi connectivity index (χ2v) is 7.84. The van der Waals surface area contributed by atoms with Crippen LogP contribution < -0.4 is 4.74 Å². The molecule has 4 nitrogen and oxygen atoms in total. The van der Waals surface area contributed by atoms with E-state index in [1.165, 1.54) is 22.3 Å². The van der Waals surface area contributed by atoms with Crippen molar-refractivity contribution in [1.82, 2.24) is 4.90 Å². The Labute approximate surface area is 144 Å². The molecule has 1 fully saturated rings. The molecule has 24 heavy (non-hydrogen) atoms. The van der Waals surface area contributed by atoms with Crippen LogP contribution in [-0.2, 0) is 4.74 Å². The van der Waals surface area contributed by atoms with E-state index in [-0.39, 0.29) is 6.09 Å². The lowest BCUT2D eigenvalue weighted by Gasteiger charge is -2.24. The van der Waals surface area contributed by atoms with Crippen molar-refractivity contribution in [1.29, 1.82) is 0 Å². The van der Waals surface area contributed by atoms with Crippen LogP contribution in [0.25, 0.3) is 5.57 Å². The first-order valence-electron chi connectivity index (χ1n) is 8.68. The van der Waals surface area contributed by atoms with E-state index in [2.05, 4.69) is 32.1 Å². The third kappa shape index (κ3) is 3.92. The Bertz CT molecular complexity index is 681. The summed E-state index contributed by atoms with van der Waals surface area (Å²) in [7, 11) is 0. The summed E-state index contributed by atoms with van der Waals surface area (Å²) in [5.41, 5.74) is 4.25. The molecule has 130 valence electrons. The van der Waals surface area contributed by atoms with Crippen LogP contribution in [0.1, 0.15) is 50.3 Å². The van der Waals surface area contributed by atoms with Gasteiger partial charge in [-0.15, -0.1) is 0 Å². The van der Waals surface area contributed by atoms with Crippen LogP contribution in [0.2, 0.25) is 0 Å². The molecule has 3 rings (SSSR count). The largest absolute Gasteiger partial charge is 0.490 e. The number of amides is 1. The number of carbonyl (C=O) groups is 1. The van der Waals surface area contributed by atoms with Gasteiger partial charge in [-0.3, -0.25) is 0 Å². The lowest BCUT2D eigenvalue weighted by atomic mass is 9.98. The number of rotatable bonds is 3. The van der Waals surface area contributed by atoms with Crippen molar-refractivity contribution in [2.45, 2.75) is 59.2 Å². The summed E-state index contributed by atoms with van der Waals surface area (Å²) in [5, 5.41) is 0. The first kappa shape index (κ1) is 16.9. The van der Waals surface area contributed by atoms with Gasteiger partial charge in [-0.05, 0) is 75.8 Å². The van der Waals surface area contributed by atoms with Crippen molar-refractivity contribution < 1.29 is 14.3 Å². The van der Waals surface area contributed by atoms with Gasteiger partial charge in [0.1, 0.15) is 11.4 Å². The van der Waals surface area contributed by atoms with Crippen molar-refractivity contribution in [2.75, 3.05) is 13.1 Å². The quantitative estimate of drug-likeness (QED) is 0.821. The summed E-state index contributed by atoms with van der Waals surface area (Å²) >= 11 is 0. The SMILES string of the molecule is Cc1cc(C)c(C2=CCN(C(=O)OC(C)(C)C)C2)cc1OC1CC1. The number of carbonyl (C=O) groups excluding carboxylic acids is 1. The number of nitrogens with zero attached hydrogens (tertiary/aromatic N) is 1. The fourth-order valence-corrected chi connectivity index (χ4v) is 2.89. The number of ether oxygens (including phenoxy) is 2. The zero-order valence-electron chi connectivity index (χ0n) is 15.3. The molecule has 0 unspecified atom stereocenters. The molecule has 0 N–H and O–H groups in total. The van der Waals surface area contributed by atoms with Crippen LogP contribution in [-0.4, -0.2) is 35.8 Å². The van der Waals surface area contributed by atoms with Gasteiger partial charge >= 0.3 is 6.09 Å². The molecule has 0 bridgehead atoms. The number of hydrogen-bond donors (Lipinski definition) is 0. The fraction of sp³-hybridized carbons (Fsp3) is 0.550. The first-order chi connectivity index (χ1) is 11.2. The second kappa shape index (κ2) is 6.15. The molecule has 2 aliphatic rings. The third-order valence-electron chi connectivity index (χ3n) is 4.26. The standard InChI is InChI=1S/C20H27NO3/c1-13-10-14(2)18(23-16-6-7-16)11-17(13)15-8-9-21(12-15)19(22)24-20(3,4)5/h8,10-11,16H,6-7,9,12H2,1-5H3. The van der Waals surface area contributed by atoms with E-state index in [9.17, 15) is 4.79 Å². The molecule has 0 spiro atoms. The van der Waals surface area contributed by atoms with Gasteiger partial charge in [0.2, 0.25) is 0 Å². The maximum Gasteiger partial charge on any atom is 0.410 e. The van der Waals surface area contributed by atoms with Crippen molar-refractivity contribution in [3.05, 3.63) is 34.9 Å². The van der Waals surface area contributed by atoms with E-state index in [0.29, 0.717) is 19.2 Å². The predicted octanol–water partition coefficient (Wildman–Crippen LogP) is 4.48. The Morgan fingerprint density at radius 2 is 1.88 bits per heavy atom. The van der Waals surface area contributed by atoms with Crippen LogP contribution in [0, 0.1) is 13.8 Å². The summed E-state index contributed by atoms with van der Waals surface area (Å²) in [6, 6.07) is 4.30. The molecule has 1 heterocycles. The topological polar surface area (TPSA) is 38.8 Å². The highest BCUT2D eigenvalue weighted by atomic mass is 16.6. The van der Waals surface area contributed by atoms with Gasteiger partial charge in [0, 0.05) is 13.1 Å². The smallest absolute Gasteiger partial charge is 0.410 e. The van der Waals surface area contributed by atoms with E-state index >= 15 is 0 Å². The number of hydrogen-bond acceptors (Lipinski definition) is 3. The van der Waals surface area contributed by atoms with E-state index in [0.717, 1.165) is 18.6 Å². The molecular weight excluding hydrogens is 302 g/mol. The maximum atomic E-state index is 12.2. The summed E-state index contributed by atoms with van der Waals surface area (Å²) in [4.78, 5) is 14.0. The maximum absolute atomic E-state index is 12.2. The molecule has 0 radical (unpaired) electrons. The normalized spacial score (nSPS) is 17.7. The Morgan fingerprint density at radius 3 is 2.50 bits per heavy atom. The average Bonchev–Trinajstić information content (AvgIpc) is 3.13. The lowest BCUT2D eigenvalue weighted by molar-refractivity contribution is 0.0306. The van der Waals surface area contributed by atoms with Gasteiger partial charge in [0.05, 0.1) is 6.10 Å². The molecule has 1 amide bonds. The highest BCUT2D eigenvalue weighted by Gasteiger charge is 2.28. The van der Waals surface area contributed by atoms with Crippen LogP contribution in [0.4, 0.5) is 4.79 Å². The molecule has 1 aliphatic heterocycles. The minimum Gasteiger partial charge on any atom is -0.490 e. The molecular formula is C20H27NO3. The van der Waals surface area contributed by atoms with Crippen LogP contribution in [0.15, 0.2) is 18.2 Å². The van der Waals surface area contributed by atoms with Gasteiger partial charge in [0.15, 0.2) is 0 Å². The minimum atomic E-state index is -0.467. The van der Waals surface area contributed by atoms with Crippen molar-refractivity contribution >= 4 is 11.7 Å². The van der Waals surface area contributed by atoms with Gasteiger partial charge in [-0.1, -0.05) is 12.1 Å². The Hall–Kier alpha value is -1.97. The minimum absolute atomic E-state index is 0.257. The van der Waals surface area contributed by atoms with Crippen molar-refractivity contribution in [3.8, 4) is 5.75 Å². The summed E-state index contributed by atoms with van der Waals surface area (Å²) < 4.78 is 11.5. The van der Waals surface area contributed by atoms with Crippen LogP contribution in [0.3, 0.4) is 0 Å². The van der Waals surface area contributed by atoms with Crippen molar-refractivity contribution in [3.63, 3.8) is 0 Å². The summed E-state index contributed by atoms with van der Waals surface area (Å²) in [6.45, 7) is 11.0. The molecule has 0 aromatic heterocycles. The molecule has 1 aromatic carbocycles. The van der Waals surface area contributed by atoms with E-state index < -0.39 is 5.60 Å². The molecule has 1 aliphatic carbocycles. The Morgan fingerprint density at radius 1 is 1.17 bits per heavy atom. The van der Waals surface area contributed by atoms with E-state index in [1.807, 2.05) is 20.8 Å². The summed E-state index contributed by atoms with van der Waals surface area (Å²) in [5.74, 6) is 0.967. The number of aryl methyl sites for hydroxylation is 2. The van der Waals surface area contributed by atoms with E-state index in [1.54, 1.807) is 4.90 Å². The van der Waals surface area contributed by atoms with Crippen molar-refractivity contribution in [2.24, 2.45) is 0 Å². The molecule has 0 atom stereocenters. The Balaban J connectivity index is 1.74. The van der Waals surface area contributed by atoms with Gasteiger partial charge < -0.3 is 14.4 Å². The third-order valence-corrected chi connectivity index (χ3v) is 4.26. The average molecular weight is 329 g/mol. The monoisotopic (exact) mass is 329 g/mol. The zero-order valence-corrected chi connectivity index (χ0v) is 15.3. The van der Waals surface area contributed by atoms with Gasteiger partial charge in [0.25, 0.3) is 0 Å². The zero-order chi connectivity index (χ0) is 17.5. The highest BCUT2D eigenvalue weighted by molar-refractivity contribution is 5.79. The molecule has 1 aromatic rings. The fourth-order valence-electron chi connectivity index (χ4n) is 2.89. The molecule has 1 saturated carbocycles. The van der Waals surface area contributed by atoms with Gasteiger partial charge in [-0.25, -0.2) is 4.79 Å². The highest BCUT2D eigenvalue weighted by Crippen LogP contribution is 2.34. The van der Waals surface area contributed by atoms with Crippen LogP contribution >= 0.6 is 0 Å². The van der Waals surface area contributed by atoms with E-state index in [4.69, 9.17) is 9.47 Å². The van der Waals surface area contributed by atoms with Gasteiger partial charge in [-0.2, -0.15) is 0 Å².